The lowest BCUT2D eigenvalue weighted by atomic mass is 10.2. The first-order valence-corrected chi connectivity index (χ1v) is 7.83. The van der Waals surface area contributed by atoms with Crippen LogP contribution in [0.25, 0.3) is 0 Å². The van der Waals surface area contributed by atoms with Gasteiger partial charge in [0.25, 0.3) is 5.91 Å². The van der Waals surface area contributed by atoms with Gasteiger partial charge in [-0.1, -0.05) is 0 Å². The summed E-state index contributed by atoms with van der Waals surface area (Å²) in [4.78, 5) is 25.8. The van der Waals surface area contributed by atoms with E-state index in [1.165, 1.54) is 16.2 Å². The number of carbonyl (C=O) groups is 2. The van der Waals surface area contributed by atoms with Crippen LogP contribution < -0.4 is 10.1 Å². The molecular formula is C16H18N2O3S. The van der Waals surface area contributed by atoms with E-state index in [9.17, 15) is 9.59 Å². The van der Waals surface area contributed by atoms with Gasteiger partial charge >= 0.3 is 0 Å². The van der Waals surface area contributed by atoms with Crippen LogP contribution in [0.15, 0.2) is 41.1 Å². The average molecular weight is 318 g/mol. The molecule has 0 spiro atoms. The van der Waals surface area contributed by atoms with Gasteiger partial charge < -0.3 is 15.0 Å². The van der Waals surface area contributed by atoms with E-state index in [1.54, 1.807) is 42.8 Å². The third-order valence-corrected chi connectivity index (χ3v) is 3.83. The van der Waals surface area contributed by atoms with Gasteiger partial charge in [0, 0.05) is 17.6 Å². The average Bonchev–Trinajstić information content (AvgIpc) is 3.07. The number of anilines is 1. The summed E-state index contributed by atoms with van der Waals surface area (Å²) in [6.45, 7) is 2.35. The molecule has 0 bridgehead atoms. The standard InChI is InChI=1S/C16H18N2O3S/c1-3-18(16(20)12-8-9-22-11-12)10-15(19)17-13-4-6-14(21-2)7-5-13/h4-9,11H,3,10H2,1-2H3,(H,17,19). The van der Waals surface area contributed by atoms with Gasteiger partial charge in [-0.05, 0) is 42.6 Å². The number of likely N-dealkylation sites (N-methyl/N-ethyl adjacent to an activating group) is 1. The second-order valence-electron chi connectivity index (χ2n) is 4.61. The maximum absolute atomic E-state index is 12.2. The Bertz CT molecular complexity index is 623. The van der Waals surface area contributed by atoms with Crippen molar-refractivity contribution in [3.05, 3.63) is 46.7 Å². The molecule has 0 fully saturated rings. The molecule has 22 heavy (non-hydrogen) atoms. The van der Waals surface area contributed by atoms with E-state index < -0.39 is 0 Å². The maximum Gasteiger partial charge on any atom is 0.255 e. The van der Waals surface area contributed by atoms with Crippen LogP contribution in [0.2, 0.25) is 0 Å². The molecule has 0 aliphatic heterocycles. The van der Waals surface area contributed by atoms with Crippen molar-refractivity contribution in [2.24, 2.45) is 0 Å². The van der Waals surface area contributed by atoms with Crippen LogP contribution in [0.3, 0.4) is 0 Å². The van der Waals surface area contributed by atoms with Crippen LogP contribution in [0.5, 0.6) is 5.75 Å². The summed E-state index contributed by atoms with van der Waals surface area (Å²) < 4.78 is 5.06. The van der Waals surface area contributed by atoms with Gasteiger partial charge in [0.15, 0.2) is 0 Å². The van der Waals surface area contributed by atoms with Crippen LogP contribution in [0.4, 0.5) is 5.69 Å². The summed E-state index contributed by atoms with van der Waals surface area (Å²) in [7, 11) is 1.59. The first-order valence-electron chi connectivity index (χ1n) is 6.89. The Balaban J connectivity index is 1.95. The van der Waals surface area contributed by atoms with Crippen molar-refractivity contribution in [3.8, 4) is 5.75 Å². The predicted molar refractivity (Wildman–Crippen MR) is 87.5 cm³/mol. The fourth-order valence-electron chi connectivity index (χ4n) is 1.94. The Labute approximate surface area is 133 Å². The van der Waals surface area contributed by atoms with Crippen molar-refractivity contribution in [3.63, 3.8) is 0 Å². The van der Waals surface area contributed by atoms with Crippen LogP contribution >= 0.6 is 11.3 Å². The summed E-state index contributed by atoms with van der Waals surface area (Å²) in [5.41, 5.74) is 1.29. The fraction of sp³-hybridized carbons (Fsp3) is 0.250. The number of ether oxygens (including phenoxy) is 1. The topological polar surface area (TPSA) is 58.6 Å². The summed E-state index contributed by atoms with van der Waals surface area (Å²) in [5, 5.41) is 6.40. The van der Waals surface area contributed by atoms with Crippen molar-refractivity contribution < 1.29 is 14.3 Å². The zero-order valence-electron chi connectivity index (χ0n) is 12.5. The highest BCUT2D eigenvalue weighted by Crippen LogP contribution is 2.15. The third-order valence-electron chi connectivity index (χ3n) is 3.15. The molecule has 1 aromatic heterocycles. The van der Waals surface area contributed by atoms with Crippen molar-refractivity contribution >= 4 is 28.8 Å². The Kier molecular flexibility index (Phi) is 5.55. The number of rotatable bonds is 6. The SMILES string of the molecule is CCN(CC(=O)Nc1ccc(OC)cc1)C(=O)c1ccsc1. The van der Waals surface area contributed by atoms with E-state index in [4.69, 9.17) is 4.74 Å². The largest absolute Gasteiger partial charge is 0.497 e. The number of thiophene rings is 1. The van der Waals surface area contributed by atoms with E-state index in [2.05, 4.69) is 5.32 Å². The van der Waals surface area contributed by atoms with Crippen LogP contribution in [0.1, 0.15) is 17.3 Å². The minimum absolute atomic E-state index is 0.0250. The van der Waals surface area contributed by atoms with E-state index in [-0.39, 0.29) is 18.4 Å². The van der Waals surface area contributed by atoms with E-state index >= 15 is 0 Å². The van der Waals surface area contributed by atoms with E-state index in [0.717, 1.165) is 5.75 Å². The molecule has 0 unspecified atom stereocenters. The molecule has 2 rings (SSSR count). The number of hydrogen-bond acceptors (Lipinski definition) is 4. The van der Waals surface area contributed by atoms with E-state index in [1.807, 2.05) is 12.3 Å². The smallest absolute Gasteiger partial charge is 0.255 e. The van der Waals surface area contributed by atoms with Crippen LogP contribution in [-0.4, -0.2) is 36.9 Å². The quantitative estimate of drug-likeness (QED) is 0.891. The molecular weight excluding hydrogens is 300 g/mol. The summed E-state index contributed by atoms with van der Waals surface area (Å²) in [6.07, 6.45) is 0. The fourth-order valence-corrected chi connectivity index (χ4v) is 2.57. The lowest BCUT2D eigenvalue weighted by Gasteiger charge is -2.19. The molecule has 0 aliphatic carbocycles. The third kappa shape index (κ3) is 4.08. The Hall–Kier alpha value is -2.34. The summed E-state index contributed by atoms with van der Waals surface area (Å²) >= 11 is 1.46. The van der Waals surface area contributed by atoms with Gasteiger partial charge in [0.05, 0.1) is 12.7 Å². The van der Waals surface area contributed by atoms with Crippen molar-refractivity contribution in [1.82, 2.24) is 4.90 Å². The highest BCUT2D eigenvalue weighted by molar-refractivity contribution is 7.08. The molecule has 2 aromatic rings. The zero-order chi connectivity index (χ0) is 15.9. The molecule has 0 aliphatic rings. The number of nitrogens with zero attached hydrogens (tertiary/aromatic N) is 1. The van der Waals surface area contributed by atoms with Gasteiger partial charge in [-0.2, -0.15) is 11.3 Å². The predicted octanol–water partition coefficient (Wildman–Crippen LogP) is 2.86. The second kappa shape index (κ2) is 7.61. The maximum atomic E-state index is 12.2. The lowest BCUT2D eigenvalue weighted by Crippen LogP contribution is -2.37. The molecule has 1 aromatic carbocycles. The minimum atomic E-state index is -0.226. The minimum Gasteiger partial charge on any atom is -0.497 e. The van der Waals surface area contributed by atoms with Gasteiger partial charge in [0.2, 0.25) is 5.91 Å². The molecule has 0 atom stereocenters. The summed E-state index contributed by atoms with van der Waals surface area (Å²) in [5.74, 6) is 0.366. The molecule has 6 heteroatoms. The molecule has 0 radical (unpaired) electrons. The molecule has 116 valence electrons. The Morgan fingerprint density at radius 2 is 1.95 bits per heavy atom. The lowest BCUT2D eigenvalue weighted by molar-refractivity contribution is -0.116. The van der Waals surface area contributed by atoms with Gasteiger partial charge in [-0.15, -0.1) is 0 Å². The number of carbonyl (C=O) groups excluding carboxylic acids is 2. The zero-order valence-corrected chi connectivity index (χ0v) is 13.4. The number of hydrogen-bond donors (Lipinski definition) is 1. The normalized spacial score (nSPS) is 10.1. The molecule has 2 amide bonds. The number of nitrogens with one attached hydrogen (secondary N) is 1. The Morgan fingerprint density at radius 1 is 1.23 bits per heavy atom. The van der Waals surface area contributed by atoms with E-state index in [0.29, 0.717) is 17.8 Å². The molecule has 1 N–H and O–H groups in total. The van der Waals surface area contributed by atoms with Crippen molar-refractivity contribution in [1.29, 1.82) is 0 Å². The first-order chi connectivity index (χ1) is 10.6. The first kappa shape index (κ1) is 16.0. The summed E-state index contributed by atoms with van der Waals surface area (Å²) in [6, 6.07) is 8.81. The van der Waals surface area contributed by atoms with Crippen molar-refractivity contribution in [2.45, 2.75) is 6.92 Å². The van der Waals surface area contributed by atoms with Gasteiger partial charge in [-0.25, -0.2) is 0 Å². The number of benzene rings is 1. The highest BCUT2D eigenvalue weighted by atomic mass is 32.1. The number of amides is 2. The Morgan fingerprint density at radius 3 is 2.50 bits per heavy atom. The monoisotopic (exact) mass is 318 g/mol. The van der Waals surface area contributed by atoms with Crippen molar-refractivity contribution in [2.75, 3.05) is 25.5 Å². The molecule has 0 saturated carbocycles. The highest BCUT2D eigenvalue weighted by Gasteiger charge is 2.17. The van der Waals surface area contributed by atoms with Crippen LogP contribution in [-0.2, 0) is 4.79 Å². The molecule has 0 saturated heterocycles. The number of methoxy groups -OCH3 is 1. The second-order valence-corrected chi connectivity index (χ2v) is 5.39. The van der Waals surface area contributed by atoms with Crippen LogP contribution in [0, 0.1) is 0 Å². The van der Waals surface area contributed by atoms with Gasteiger partial charge in [0.1, 0.15) is 12.3 Å². The molecule has 5 nitrogen and oxygen atoms in total. The molecule has 1 heterocycles. The van der Waals surface area contributed by atoms with Gasteiger partial charge in [-0.3, -0.25) is 9.59 Å².